The summed E-state index contributed by atoms with van der Waals surface area (Å²) in [5.74, 6) is 1.11. The molecule has 0 bridgehead atoms. The van der Waals surface area contributed by atoms with E-state index in [0.29, 0.717) is 23.1 Å². The summed E-state index contributed by atoms with van der Waals surface area (Å²) in [4.78, 5) is 2.50. The topological polar surface area (TPSA) is 73.2 Å². The van der Waals surface area contributed by atoms with E-state index in [9.17, 15) is 13.7 Å². The molecule has 0 radical (unpaired) electrons. The second-order valence-electron chi connectivity index (χ2n) is 8.07. The normalized spacial score (nSPS) is 26.5. The van der Waals surface area contributed by atoms with Gasteiger partial charge in [-0.1, -0.05) is 37.3 Å². The van der Waals surface area contributed by atoms with Crippen molar-refractivity contribution in [1.82, 2.24) is 4.90 Å². The largest absolute Gasteiger partial charge is 0.298 e. The lowest BCUT2D eigenvalue weighted by molar-refractivity contribution is 0.262. The number of nitriles is 1. The van der Waals surface area contributed by atoms with E-state index in [1.807, 2.05) is 18.2 Å². The van der Waals surface area contributed by atoms with E-state index in [2.05, 4.69) is 46.9 Å². The van der Waals surface area contributed by atoms with Crippen molar-refractivity contribution in [3.8, 4) is 6.07 Å². The predicted molar refractivity (Wildman–Crippen MR) is 110 cm³/mol. The molecule has 5 nitrogen and oxygen atoms in total. The van der Waals surface area contributed by atoms with Crippen LogP contribution in [-0.4, -0.2) is 32.7 Å². The number of nitrogens with zero attached hydrogens (tertiary/aromatic N) is 2. The first-order chi connectivity index (χ1) is 13.4. The average Bonchev–Trinajstić information content (AvgIpc) is 3.04. The molecule has 1 saturated heterocycles. The fourth-order valence-corrected chi connectivity index (χ4v) is 5.72. The number of nitrogens with one attached hydrogen (secondary N) is 1. The molecule has 1 heterocycles. The zero-order chi connectivity index (χ0) is 19.9. The van der Waals surface area contributed by atoms with Gasteiger partial charge in [-0.25, -0.2) is 8.42 Å². The summed E-state index contributed by atoms with van der Waals surface area (Å²) < 4.78 is 25.9. The van der Waals surface area contributed by atoms with Crippen LogP contribution in [-0.2, 0) is 22.0 Å². The second kappa shape index (κ2) is 6.91. The lowest BCUT2D eigenvalue weighted by Gasteiger charge is -2.27. The number of benzene rings is 2. The fourth-order valence-electron chi connectivity index (χ4n) is 5.18. The first-order valence-corrected chi connectivity index (χ1v) is 11.5. The van der Waals surface area contributed by atoms with Crippen molar-refractivity contribution >= 4 is 15.7 Å². The van der Waals surface area contributed by atoms with Crippen LogP contribution in [0.2, 0.25) is 0 Å². The first-order valence-electron chi connectivity index (χ1n) is 9.65. The molecule has 1 N–H and O–H groups in total. The zero-order valence-electron chi connectivity index (χ0n) is 16.2. The van der Waals surface area contributed by atoms with Gasteiger partial charge in [-0.15, -0.1) is 0 Å². The van der Waals surface area contributed by atoms with Gasteiger partial charge in [0, 0.05) is 25.0 Å². The van der Waals surface area contributed by atoms with Crippen LogP contribution >= 0.6 is 0 Å². The highest BCUT2D eigenvalue weighted by atomic mass is 32.2. The van der Waals surface area contributed by atoms with Crippen molar-refractivity contribution < 1.29 is 8.42 Å². The highest BCUT2D eigenvalue weighted by Gasteiger charge is 2.67. The van der Waals surface area contributed by atoms with E-state index in [-0.39, 0.29) is 5.41 Å². The summed E-state index contributed by atoms with van der Waals surface area (Å²) in [5, 5.41) is 9.42. The highest BCUT2D eigenvalue weighted by Crippen LogP contribution is 2.65. The molecule has 0 spiro atoms. The summed E-state index contributed by atoms with van der Waals surface area (Å²) in [7, 11) is -3.38. The molecular weight excluding hydrogens is 370 g/mol. The van der Waals surface area contributed by atoms with Crippen molar-refractivity contribution in [3.05, 3.63) is 65.2 Å². The Kier molecular flexibility index (Phi) is 4.68. The smallest absolute Gasteiger partial charge is 0.229 e. The number of fused-ring (bicyclic) bond motifs is 1. The van der Waals surface area contributed by atoms with Crippen molar-refractivity contribution in [2.24, 2.45) is 11.8 Å². The van der Waals surface area contributed by atoms with E-state index in [1.165, 1.54) is 5.56 Å². The SMILES string of the molecule is CCC1(c2cc(C#N)cc(NS(C)(=O)=O)c2)C2CN(Cc3ccccc3)CC21. The minimum atomic E-state index is -3.38. The third-order valence-electron chi connectivity index (χ3n) is 6.35. The number of sulfonamides is 1. The Hall–Kier alpha value is -2.36. The number of piperidine rings is 1. The van der Waals surface area contributed by atoms with Crippen LogP contribution < -0.4 is 4.72 Å². The Morgan fingerprint density at radius 2 is 1.86 bits per heavy atom. The standard InChI is InChI=1S/C22H25N3O2S/c1-3-22(18-9-17(12-23)10-19(11-18)24-28(2,26)27)20-14-25(15-21(20)22)13-16-7-5-4-6-8-16/h4-11,20-21,24H,3,13-15H2,1-2H3. The number of hydrogen-bond acceptors (Lipinski definition) is 4. The second-order valence-corrected chi connectivity index (χ2v) is 9.82. The molecule has 0 amide bonds. The average molecular weight is 396 g/mol. The minimum absolute atomic E-state index is 0.0496. The molecule has 28 heavy (non-hydrogen) atoms. The zero-order valence-corrected chi connectivity index (χ0v) is 17.0. The number of hydrogen-bond donors (Lipinski definition) is 1. The summed E-state index contributed by atoms with van der Waals surface area (Å²) >= 11 is 0. The van der Waals surface area contributed by atoms with Crippen LogP contribution in [0.3, 0.4) is 0 Å². The summed E-state index contributed by atoms with van der Waals surface area (Å²) in [5.41, 5.74) is 3.46. The maximum Gasteiger partial charge on any atom is 0.229 e. The lowest BCUT2D eigenvalue weighted by Crippen LogP contribution is -2.30. The molecule has 146 valence electrons. The maximum absolute atomic E-state index is 11.7. The van der Waals surface area contributed by atoms with Crippen LogP contribution in [0.5, 0.6) is 0 Å². The maximum atomic E-state index is 11.7. The van der Waals surface area contributed by atoms with Crippen LogP contribution in [0, 0.1) is 23.2 Å². The Morgan fingerprint density at radius 1 is 1.18 bits per heavy atom. The van der Waals surface area contributed by atoms with Gasteiger partial charge < -0.3 is 0 Å². The first kappa shape index (κ1) is 19.0. The Labute approximate surface area is 167 Å². The van der Waals surface area contributed by atoms with Crippen LogP contribution in [0.4, 0.5) is 5.69 Å². The van der Waals surface area contributed by atoms with Gasteiger partial charge in [0.15, 0.2) is 0 Å². The van der Waals surface area contributed by atoms with E-state index < -0.39 is 10.0 Å². The fraction of sp³-hybridized carbons (Fsp3) is 0.409. The van der Waals surface area contributed by atoms with Gasteiger partial charge in [0.25, 0.3) is 0 Å². The molecule has 2 aromatic rings. The van der Waals surface area contributed by atoms with Crippen molar-refractivity contribution in [3.63, 3.8) is 0 Å². The van der Waals surface area contributed by atoms with Gasteiger partial charge in [0.1, 0.15) is 0 Å². The van der Waals surface area contributed by atoms with Crippen LogP contribution in [0.25, 0.3) is 0 Å². The molecule has 1 aliphatic heterocycles. The third-order valence-corrected chi connectivity index (χ3v) is 6.95. The van der Waals surface area contributed by atoms with Gasteiger partial charge in [-0.05, 0) is 47.6 Å². The molecule has 1 aliphatic carbocycles. The molecule has 6 heteroatoms. The van der Waals surface area contributed by atoms with Crippen molar-refractivity contribution in [1.29, 1.82) is 5.26 Å². The molecule has 0 aromatic heterocycles. The molecule has 2 fully saturated rings. The van der Waals surface area contributed by atoms with E-state index in [4.69, 9.17) is 0 Å². The van der Waals surface area contributed by atoms with Gasteiger partial charge in [-0.2, -0.15) is 5.26 Å². The summed E-state index contributed by atoms with van der Waals surface area (Å²) in [6.07, 6.45) is 2.13. The Morgan fingerprint density at radius 3 is 2.43 bits per heavy atom. The molecule has 2 atom stereocenters. The van der Waals surface area contributed by atoms with Gasteiger partial charge in [0.2, 0.25) is 10.0 Å². The molecule has 2 unspecified atom stereocenters. The molecule has 1 saturated carbocycles. The molecule has 2 aliphatic rings. The molecule has 4 rings (SSSR count). The lowest BCUT2D eigenvalue weighted by atomic mass is 9.86. The summed E-state index contributed by atoms with van der Waals surface area (Å²) in [6, 6.07) is 18.2. The highest BCUT2D eigenvalue weighted by molar-refractivity contribution is 7.92. The van der Waals surface area contributed by atoms with Crippen molar-refractivity contribution in [2.45, 2.75) is 25.3 Å². The van der Waals surface area contributed by atoms with Crippen LogP contribution in [0.15, 0.2) is 48.5 Å². The Bertz CT molecular complexity index is 1020. The van der Waals surface area contributed by atoms with Gasteiger partial charge >= 0.3 is 0 Å². The number of rotatable bonds is 6. The van der Waals surface area contributed by atoms with Gasteiger partial charge in [0.05, 0.1) is 23.6 Å². The Balaban J connectivity index is 1.56. The number of likely N-dealkylation sites (tertiary alicyclic amines) is 1. The number of anilines is 1. The quantitative estimate of drug-likeness (QED) is 0.814. The monoisotopic (exact) mass is 395 g/mol. The minimum Gasteiger partial charge on any atom is -0.298 e. The summed E-state index contributed by atoms with van der Waals surface area (Å²) in [6.45, 7) is 5.24. The van der Waals surface area contributed by atoms with Crippen molar-refractivity contribution in [2.75, 3.05) is 24.1 Å². The third kappa shape index (κ3) is 3.41. The predicted octanol–water partition coefficient (Wildman–Crippen LogP) is 3.34. The molecular formula is C22H25N3O2S. The van der Waals surface area contributed by atoms with Gasteiger partial charge in [-0.3, -0.25) is 9.62 Å². The van der Waals surface area contributed by atoms with E-state index in [0.717, 1.165) is 37.9 Å². The van der Waals surface area contributed by atoms with E-state index in [1.54, 1.807) is 6.07 Å². The van der Waals surface area contributed by atoms with Crippen LogP contribution in [0.1, 0.15) is 30.0 Å². The molecule has 2 aromatic carbocycles. The van der Waals surface area contributed by atoms with E-state index >= 15 is 0 Å².